The quantitative estimate of drug-likeness (QED) is 0.886. The Morgan fingerprint density at radius 2 is 2.06 bits per heavy atom. The molecule has 1 unspecified atom stereocenters. The highest BCUT2D eigenvalue weighted by molar-refractivity contribution is 7.10. The molecule has 4 heteroatoms. The Balaban J connectivity index is 2.48. The summed E-state index contributed by atoms with van der Waals surface area (Å²) in [6.07, 6.45) is 0.883. The van der Waals surface area contributed by atoms with Crippen molar-refractivity contribution in [2.45, 2.75) is 19.4 Å². The maximum absolute atomic E-state index is 13.8. The van der Waals surface area contributed by atoms with Crippen LogP contribution in [0.15, 0.2) is 29.6 Å². The van der Waals surface area contributed by atoms with Crippen molar-refractivity contribution < 1.29 is 8.78 Å². The zero-order chi connectivity index (χ0) is 13.1. The lowest BCUT2D eigenvalue weighted by atomic mass is 10.0. The van der Waals surface area contributed by atoms with Gasteiger partial charge in [-0.25, -0.2) is 8.78 Å². The Morgan fingerprint density at radius 3 is 2.72 bits per heavy atom. The molecule has 0 radical (unpaired) electrons. The molecule has 0 amide bonds. The van der Waals surface area contributed by atoms with E-state index in [1.54, 1.807) is 18.4 Å². The molecule has 0 aliphatic heterocycles. The Kier molecular flexibility index (Phi) is 4.09. The van der Waals surface area contributed by atoms with Gasteiger partial charge >= 0.3 is 0 Å². The van der Waals surface area contributed by atoms with E-state index < -0.39 is 5.82 Å². The first-order chi connectivity index (χ1) is 8.67. The standard InChI is InChI=1S/C14H15F2NS/c1-3-9-6-7-18-14(9)13(17-2)11-8-10(15)4-5-12(11)16/h4-8,13,17H,3H2,1-2H3. The zero-order valence-electron chi connectivity index (χ0n) is 10.3. The van der Waals surface area contributed by atoms with Gasteiger partial charge in [0.2, 0.25) is 0 Å². The topological polar surface area (TPSA) is 12.0 Å². The summed E-state index contributed by atoms with van der Waals surface area (Å²) >= 11 is 1.56. The van der Waals surface area contributed by atoms with E-state index in [0.29, 0.717) is 5.56 Å². The van der Waals surface area contributed by atoms with Gasteiger partial charge in [-0.05, 0) is 48.7 Å². The predicted octanol–water partition coefficient (Wildman–Crippen LogP) is 3.90. The van der Waals surface area contributed by atoms with E-state index in [1.165, 1.54) is 17.7 Å². The van der Waals surface area contributed by atoms with Gasteiger partial charge in [0.25, 0.3) is 0 Å². The van der Waals surface area contributed by atoms with Gasteiger partial charge in [-0.1, -0.05) is 6.92 Å². The lowest BCUT2D eigenvalue weighted by Crippen LogP contribution is -2.19. The van der Waals surface area contributed by atoms with Crippen LogP contribution in [0.4, 0.5) is 8.78 Å². The highest BCUT2D eigenvalue weighted by atomic mass is 32.1. The van der Waals surface area contributed by atoms with Crippen LogP contribution in [0.3, 0.4) is 0 Å². The lowest BCUT2D eigenvalue weighted by molar-refractivity contribution is 0.559. The Labute approximate surface area is 109 Å². The van der Waals surface area contributed by atoms with Gasteiger partial charge in [0, 0.05) is 10.4 Å². The van der Waals surface area contributed by atoms with Crippen molar-refractivity contribution in [2.24, 2.45) is 0 Å². The molecular formula is C14H15F2NS. The third-order valence-electron chi connectivity index (χ3n) is 2.98. The molecule has 0 aliphatic rings. The van der Waals surface area contributed by atoms with E-state index in [1.807, 2.05) is 11.4 Å². The fourth-order valence-electron chi connectivity index (χ4n) is 2.06. The molecule has 18 heavy (non-hydrogen) atoms. The summed E-state index contributed by atoms with van der Waals surface area (Å²) in [4.78, 5) is 1.05. The summed E-state index contributed by atoms with van der Waals surface area (Å²) in [5.41, 5.74) is 1.53. The highest BCUT2D eigenvalue weighted by Crippen LogP contribution is 2.31. The van der Waals surface area contributed by atoms with E-state index in [4.69, 9.17) is 0 Å². The third-order valence-corrected chi connectivity index (χ3v) is 4.01. The largest absolute Gasteiger partial charge is 0.309 e. The molecule has 0 bridgehead atoms. The molecular weight excluding hydrogens is 252 g/mol. The summed E-state index contributed by atoms with van der Waals surface area (Å²) in [7, 11) is 1.76. The first-order valence-electron chi connectivity index (χ1n) is 5.85. The van der Waals surface area contributed by atoms with Crippen molar-refractivity contribution >= 4 is 11.3 Å². The van der Waals surface area contributed by atoms with Gasteiger partial charge in [-0.15, -0.1) is 11.3 Å². The van der Waals surface area contributed by atoms with Crippen molar-refractivity contribution in [2.75, 3.05) is 7.05 Å². The minimum atomic E-state index is -0.416. The summed E-state index contributed by atoms with van der Waals surface area (Å²) in [6, 6.07) is 5.31. The van der Waals surface area contributed by atoms with Crippen molar-refractivity contribution in [1.29, 1.82) is 0 Å². The number of hydrogen-bond donors (Lipinski definition) is 1. The Bertz CT molecular complexity index is 536. The number of hydrogen-bond acceptors (Lipinski definition) is 2. The van der Waals surface area contributed by atoms with Crippen LogP contribution in [-0.2, 0) is 6.42 Å². The molecule has 1 nitrogen and oxygen atoms in total. The van der Waals surface area contributed by atoms with Crippen molar-refractivity contribution in [3.05, 3.63) is 57.3 Å². The third kappa shape index (κ3) is 2.44. The fraction of sp³-hybridized carbons (Fsp3) is 0.286. The minimum Gasteiger partial charge on any atom is -0.309 e. The fourth-order valence-corrected chi connectivity index (χ4v) is 3.18. The molecule has 0 saturated heterocycles. The molecule has 1 atom stereocenters. The number of benzene rings is 1. The van der Waals surface area contributed by atoms with E-state index in [9.17, 15) is 8.78 Å². The molecule has 1 N–H and O–H groups in total. The first kappa shape index (κ1) is 13.2. The monoisotopic (exact) mass is 267 g/mol. The summed E-state index contributed by atoms with van der Waals surface area (Å²) in [6.45, 7) is 2.06. The molecule has 96 valence electrons. The maximum atomic E-state index is 13.8. The van der Waals surface area contributed by atoms with Crippen molar-refractivity contribution in [3.8, 4) is 0 Å². The van der Waals surface area contributed by atoms with Gasteiger partial charge in [-0.2, -0.15) is 0 Å². The smallest absolute Gasteiger partial charge is 0.128 e. The number of thiophene rings is 1. The molecule has 2 aromatic rings. The molecule has 0 aliphatic carbocycles. The number of aryl methyl sites for hydroxylation is 1. The SMILES string of the molecule is CCc1ccsc1C(NC)c1cc(F)ccc1F. The molecule has 2 rings (SSSR count). The van der Waals surface area contributed by atoms with Crippen LogP contribution >= 0.6 is 11.3 Å². The normalized spacial score (nSPS) is 12.7. The predicted molar refractivity (Wildman–Crippen MR) is 71.0 cm³/mol. The lowest BCUT2D eigenvalue weighted by Gasteiger charge is -2.18. The summed E-state index contributed by atoms with van der Waals surface area (Å²) in [5.74, 6) is -0.799. The van der Waals surface area contributed by atoms with Crippen molar-refractivity contribution in [1.82, 2.24) is 5.32 Å². The molecule has 0 spiro atoms. The first-order valence-corrected chi connectivity index (χ1v) is 6.73. The number of halogens is 2. The maximum Gasteiger partial charge on any atom is 0.128 e. The van der Waals surface area contributed by atoms with Crippen molar-refractivity contribution in [3.63, 3.8) is 0 Å². The van der Waals surface area contributed by atoms with Gasteiger partial charge < -0.3 is 5.32 Å². The molecule has 0 saturated carbocycles. The summed E-state index contributed by atoms with van der Waals surface area (Å²) in [5, 5.41) is 5.05. The van der Waals surface area contributed by atoms with E-state index in [-0.39, 0.29) is 11.9 Å². The van der Waals surface area contributed by atoms with Gasteiger partial charge in [0.05, 0.1) is 6.04 Å². The second-order valence-corrected chi connectivity index (χ2v) is 5.00. The van der Waals surface area contributed by atoms with Gasteiger partial charge in [0.15, 0.2) is 0 Å². The van der Waals surface area contributed by atoms with Crippen LogP contribution in [0.25, 0.3) is 0 Å². The average molecular weight is 267 g/mol. The van der Waals surface area contributed by atoms with E-state index >= 15 is 0 Å². The van der Waals surface area contributed by atoms with Crippen LogP contribution in [0.1, 0.15) is 29.0 Å². The van der Waals surface area contributed by atoms with Crippen LogP contribution in [-0.4, -0.2) is 7.05 Å². The van der Waals surface area contributed by atoms with Crippen LogP contribution in [0.5, 0.6) is 0 Å². The van der Waals surface area contributed by atoms with Gasteiger partial charge in [0.1, 0.15) is 11.6 Å². The van der Waals surface area contributed by atoms with E-state index in [0.717, 1.165) is 17.4 Å². The molecule has 1 aromatic heterocycles. The highest BCUT2D eigenvalue weighted by Gasteiger charge is 2.20. The number of rotatable bonds is 4. The van der Waals surface area contributed by atoms with Gasteiger partial charge in [-0.3, -0.25) is 0 Å². The number of nitrogens with one attached hydrogen (secondary N) is 1. The Hall–Kier alpha value is -1.26. The molecule has 1 heterocycles. The second kappa shape index (κ2) is 5.59. The zero-order valence-corrected chi connectivity index (χ0v) is 11.2. The average Bonchev–Trinajstić information content (AvgIpc) is 2.83. The van der Waals surface area contributed by atoms with Crippen LogP contribution in [0, 0.1) is 11.6 Å². The van der Waals surface area contributed by atoms with E-state index in [2.05, 4.69) is 12.2 Å². The Morgan fingerprint density at radius 1 is 1.28 bits per heavy atom. The molecule has 0 fully saturated rings. The van der Waals surface area contributed by atoms with Crippen LogP contribution < -0.4 is 5.32 Å². The second-order valence-electron chi connectivity index (χ2n) is 4.05. The minimum absolute atomic E-state index is 0.296. The molecule has 1 aromatic carbocycles. The summed E-state index contributed by atoms with van der Waals surface area (Å²) < 4.78 is 27.1. The van der Waals surface area contributed by atoms with Crippen LogP contribution in [0.2, 0.25) is 0 Å².